The van der Waals surface area contributed by atoms with Crippen molar-refractivity contribution in [1.29, 1.82) is 0 Å². The topological polar surface area (TPSA) is 113 Å². The van der Waals surface area contributed by atoms with Gasteiger partial charge in [-0.25, -0.2) is 12.8 Å². The second-order valence-corrected chi connectivity index (χ2v) is 5.76. The van der Waals surface area contributed by atoms with E-state index >= 15 is 0 Å². The molecule has 0 radical (unpaired) electrons. The number of hydrogen-bond donors (Lipinski definition) is 3. The van der Waals surface area contributed by atoms with E-state index in [9.17, 15) is 22.4 Å². The van der Waals surface area contributed by atoms with Gasteiger partial charge in [-0.1, -0.05) is 0 Å². The van der Waals surface area contributed by atoms with Crippen LogP contribution in [0, 0.1) is 5.82 Å². The number of carbonyl (C=O) groups excluding carboxylic acids is 1. The molecule has 0 spiro atoms. The van der Waals surface area contributed by atoms with Crippen LogP contribution in [0.25, 0.3) is 0 Å². The summed E-state index contributed by atoms with van der Waals surface area (Å²) < 4.78 is 37.4. The Morgan fingerprint density at radius 3 is 2.50 bits per heavy atom. The monoisotopic (exact) mass is 304 g/mol. The van der Waals surface area contributed by atoms with Gasteiger partial charge in [-0.05, 0) is 18.2 Å². The molecule has 0 saturated heterocycles. The number of rotatable bonds is 6. The van der Waals surface area contributed by atoms with Gasteiger partial charge in [0.05, 0.1) is 18.4 Å². The molecule has 0 aliphatic rings. The molecule has 1 aromatic rings. The number of aliphatic carboxylic acids is 1. The summed E-state index contributed by atoms with van der Waals surface area (Å²) in [5.74, 6) is -2.47. The Labute approximate surface area is 114 Å². The summed E-state index contributed by atoms with van der Waals surface area (Å²) in [5.41, 5.74) is -0.142. The van der Waals surface area contributed by atoms with Gasteiger partial charge < -0.3 is 10.4 Å². The lowest BCUT2D eigenvalue weighted by atomic mass is 10.2. The second-order valence-electron chi connectivity index (χ2n) is 4.01. The van der Waals surface area contributed by atoms with Crippen LogP contribution in [0.1, 0.15) is 12.8 Å². The van der Waals surface area contributed by atoms with Crippen LogP contribution < -0.4 is 10.0 Å². The summed E-state index contributed by atoms with van der Waals surface area (Å²) in [6.45, 7) is 0. The molecule has 0 saturated carbocycles. The molecule has 0 aromatic heterocycles. The Hall–Kier alpha value is -2.16. The van der Waals surface area contributed by atoms with Crippen LogP contribution >= 0.6 is 0 Å². The number of amides is 1. The number of nitrogens with one attached hydrogen (secondary N) is 2. The number of sulfonamides is 1. The van der Waals surface area contributed by atoms with Gasteiger partial charge >= 0.3 is 5.97 Å². The van der Waals surface area contributed by atoms with E-state index in [1.165, 1.54) is 6.07 Å². The van der Waals surface area contributed by atoms with E-state index in [1.54, 1.807) is 0 Å². The Balaban J connectivity index is 2.79. The average molecular weight is 304 g/mol. The highest BCUT2D eigenvalue weighted by Gasteiger charge is 2.10. The third kappa shape index (κ3) is 5.65. The highest BCUT2D eigenvalue weighted by molar-refractivity contribution is 7.92. The average Bonchev–Trinajstić information content (AvgIpc) is 2.29. The van der Waals surface area contributed by atoms with Gasteiger partial charge in [-0.15, -0.1) is 0 Å². The molecule has 0 heterocycles. The summed E-state index contributed by atoms with van der Waals surface area (Å²) >= 11 is 0. The fourth-order valence-corrected chi connectivity index (χ4v) is 1.88. The van der Waals surface area contributed by atoms with Gasteiger partial charge in [-0.2, -0.15) is 0 Å². The lowest BCUT2D eigenvalue weighted by Gasteiger charge is -2.09. The molecule has 0 bridgehead atoms. The first-order valence-electron chi connectivity index (χ1n) is 5.46. The molecule has 0 aliphatic carbocycles. The lowest BCUT2D eigenvalue weighted by Crippen LogP contribution is -2.14. The summed E-state index contributed by atoms with van der Waals surface area (Å²) in [4.78, 5) is 21.7. The minimum Gasteiger partial charge on any atom is -0.481 e. The fraction of sp³-hybridized carbons (Fsp3) is 0.273. The number of hydrogen-bond acceptors (Lipinski definition) is 4. The van der Waals surface area contributed by atoms with Gasteiger partial charge in [-0.3, -0.25) is 14.3 Å². The normalized spacial score (nSPS) is 10.9. The minimum absolute atomic E-state index is 0.160. The number of halogens is 1. The number of anilines is 2. The van der Waals surface area contributed by atoms with Gasteiger partial charge in [0.15, 0.2) is 0 Å². The molecule has 3 N–H and O–H groups in total. The molecular weight excluding hydrogens is 291 g/mol. The van der Waals surface area contributed by atoms with Crippen LogP contribution in [-0.4, -0.2) is 31.7 Å². The summed E-state index contributed by atoms with van der Waals surface area (Å²) in [5, 5.41) is 10.8. The Kier molecular flexibility index (Phi) is 5.03. The zero-order valence-corrected chi connectivity index (χ0v) is 11.3. The van der Waals surface area contributed by atoms with Crippen molar-refractivity contribution in [2.75, 3.05) is 16.3 Å². The van der Waals surface area contributed by atoms with Crippen molar-refractivity contribution < 1.29 is 27.5 Å². The molecule has 0 fully saturated rings. The maximum atomic E-state index is 13.4. The van der Waals surface area contributed by atoms with Crippen molar-refractivity contribution in [2.24, 2.45) is 0 Å². The molecule has 0 atom stereocenters. The van der Waals surface area contributed by atoms with Crippen molar-refractivity contribution in [3.63, 3.8) is 0 Å². The van der Waals surface area contributed by atoms with Gasteiger partial charge in [0.25, 0.3) is 0 Å². The predicted molar refractivity (Wildman–Crippen MR) is 70.4 cm³/mol. The zero-order valence-electron chi connectivity index (χ0n) is 10.5. The van der Waals surface area contributed by atoms with Crippen molar-refractivity contribution in [1.82, 2.24) is 0 Å². The first kappa shape index (κ1) is 15.9. The second kappa shape index (κ2) is 6.33. The summed E-state index contributed by atoms with van der Waals surface area (Å²) in [7, 11) is -3.65. The van der Waals surface area contributed by atoms with Gasteiger partial charge in [0.1, 0.15) is 5.82 Å². The third-order valence-electron chi connectivity index (χ3n) is 2.11. The van der Waals surface area contributed by atoms with Crippen LogP contribution in [0.2, 0.25) is 0 Å². The van der Waals surface area contributed by atoms with E-state index in [1.807, 2.05) is 4.72 Å². The van der Waals surface area contributed by atoms with Gasteiger partial charge in [0.2, 0.25) is 15.9 Å². The standard InChI is InChI=1S/C11H13FN2O5S/c1-20(18,19)14-9-6-7(2-3-8(9)12)13-10(15)4-5-11(16)17/h2-3,6,14H,4-5H2,1H3,(H,13,15)(H,16,17). The summed E-state index contributed by atoms with van der Waals surface area (Å²) in [6.07, 6.45) is 0.299. The number of benzene rings is 1. The maximum Gasteiger partial charge on any atom is 0.303 e. The first-order chi connectivity index (χ1) is 9.17. The minimum atomic E-state index is -3.65. The predicted octanol–water partition coefficient (Wildman–Crippen LogP) is 1.00. The van der Waals surface area contributed by atoms with Gasteiger partial charge in [0, 0.05) is 12.1 Å². The van der Waals surface area contributed by atoms with Crippen LogP contribution in [0.5, 0.6) is 0 Å². The fourth-order valence-electron chi connectivity index (χ4n) is 1.32. The SMILES string of the molecule is CS(=O)(=O)Nc1cc(NC(=O)CCC(=O)O)ccc1F. The molecule has 1 aromatic carbocycles. The smallest absolute Gasteiger partial charge is 0.303 e. The molecule has 9 heteroatoms. The van der Waals surface area contributed by atoms with Crippen molar-refractivity contribution in [2.45, 2.75) is 12.8 Å². The first-order valence-corrected chi connectivity index (χ1v) is 7.35. The quantitative estimate of drug-likeness (QED) is 0.725. The molecule has 20 heavy (non-hydrogen) atoms. The van der Waals surface area contributed by atoms with Crippen molar-refractivity contribution in [3.8, 4) is 0 Å². The van der Waals surface area contributed by atoms with E-state index in [0.29, 0.717) is 0 Å². The van der Waals surface area contributed by atoms with E-state index in [2.05, 4.69) is 5.32 Å². The Bertz CT molecular complexity index is 630. The zero-order chi connectivity index (χ0) is 15.3. The third-order valence-corrected chi connectivity index (χ3v) is 2.70. The Morgan fingerprint density at radius 2 is 1.95 bits per heavy atom. The lowest BCUT2D eigenvalue weighted by molar-refractivity contribution is -0.138. The van der Waals surface area contributed by atoms with E-state index in [4.69, 9.17) is 5.11 Å². The molecular formula is C11H13FN2O5S. The van der Waals surface area contributed by atoms with E-state index in [0.717, 1.165) is 18.4 Å². The van der Waals surface area contributed by atoms with E-state index in [-0.39, 0.29) is 24.2 Å². The number of carboxylic acids is 1. The molecule has 7 nitrogen and oxygen atoms in total. The van der Waals surface area contributed by atoms with Crippen molar-refractivity contribution >= 4 is 33.3 Å². The van der Waals surface area contributed by atoms with E-state index < -0.39 is 27.7 Å². The highest BCUT2D eigenvalue weighted by Crippen LogP contribution is 2.20. The molecule has 110 valence electrons. The molecule has 0 aliphatic heterocycles. The van der Waals surface area contributed by atoms with Crippen LogP contribution in [-0.2, 0) is 19.6 Å². The largest absolute Gasteiger partial charge is 0.481 e. The Morgan fingerprint density at radius 1 is 1.30 bits per heavy atom. The maximum absolute atomic E-state index is 13.4. The van der Waals surface area contributed by atoms with Crippen LogP contribution in [0.4, 0.5) is 15.8 Å². The van der Waals surface area contributed by atoms with Crippen LogP contribution in [0.15, 0.2) is 18.2 Å². The number of carbonyl (C=O) groups is 2. The number of carboxylic acid groups (broad SMARTS) is 1. The van der Waals surface area contributed by atoms with Crippen molar-refractivity contribution in [3.05, 3.63) is 24.0 Å². The highest BCUT2D eigenvalue weighted by atomic mass is 32.2. The molecule has 1 rings (SSSR count). The molecule has 0 unspecified atom stereocenters. The molecule has 1 amide bonds. The summed E-state index contributed by atoms with van der Waals surface area (Å²) in [6, 6.07) is 3.33. The van der Waals surface area contributed by atoms with Crippen LogP contribution in [0.3, 0.4) is 0 Å².